The normalized spacial score (nSPS) is 10.0. The van der Waals surface area contributed by atoms with Gasteiger partial charge in [-0.05, 0) is 66.6 Å². The zero-order valence-corrected chi connectivity index (χ0v) is 10.8. The third-order valence-corrected chi connectivity index (χ3v) is 5.50. The second-order valence-corrected chi connectivity index (χ2v) is 4.79. The van der Waals surface area contributed by atoms with Gasteiger partial charge in [-0.2, -0.15) is 0 Å². The molecule has 4 heteroatoms. The lowest BCUT2D eigenvalue weighted by Crippen LogP contribution is -1.77. The standard InChI is InChI=1S/C6H2Br2ClI/c7-3-1-2-4(9)6(10)5(3)8/h1-2H. The SMILES string of the molecule is Clc1ccc(Br)c(Br)c1I. The molecule has 0 aliphatic rings. The Balaban J connectivity index is 3.34. The van der Waals surface area contributed by atoms with E-state index in [1.54, 1.807) is 0 Å². The molecule has 0 atom stereocenters. The maximum atomic E-state index is 5.83. The molecular weight excluding hydrogens is 394 g/mol. The Bertz CT molecular complexity index is 235. The molecule has 0 spiro atoms. The summed E-state index contributed by atoms with van der Waals surface area (Å²) < 4.78 is 3.08. The fourth-order valence-corrected chi connectivity index (χ4v) is 2.29. The Hall–Kier alpha value is 1.20. The van der Waals surface area contributed by atoms with Crippen molar-refractivity contribution in [3.05, 3.63) is 29.7 Å². The van der Waals surface area contributed by atoms with E-state index in [0.29, 0.717) is 0 Å². The van der Waals surface area contributed by atoms with E-state index in [-0.39, 0.29) is 0 Å². The summed E-state index contributed by atoms with van der Waals surface area (Å²) in [4.78, 5) is 0. The molecule has 0 radical (unpaired) electrons. The van der Waals surface area contributed by atoms with Crippen molar-refractivity contribution in [2.45, 2.75) is 0 Å². The largest absolute Gasteiger partial charge is 0.0831 e. The second kappa shape index (κ2) is 3.74. The van der Waals surface area contributed by atoms with Crippen molar-refractivity contribution in [1.29, 1.82) is 0 Å². The molecule has 0 unspecified atom stereocenters. The van der Waals surface area contributed by atoms with Crippen molar-refractivity contribution in [2.75, 3.05) is 0 Å². The van der Waals surface area contributed by atoms with E-state index in [1.165, 1.54) is 0 Å². The van der Waals surface area contributed by atoms with Gasteiger partial charge in [-0.15, -0.1) is 0 Å². The first-order valence-electron chi connectivity index (χ1n) is 2.42. The zero-order valence-electron chi connectivity index (χ0n) is 4.67. The maximum Gasteiger partial charge on any atom is 0.0551 e. The fourth-order valence-electron chi connectivity index (χ4n) is 0.502. The van der Waals surface area contributed by atoms with E-state index in [1.807, 2.05) is 12.1 Å². The van der Waals surface area contributed by atoms with Gasteiger partial charge in [-0.1, -0.05) is 11.6 Å². The van der Waals surface area contributed by atoms with Crippen molar-refractivity contribution < 1.29 is 0 Å². The number of hydrogen-bond acceptors (Lipinski definition) is 0. The molecule has 0 saturated carbocycles. The summed E-state index contributed by atoms with van der Waals surface area (Å²) in [7, 11) is 0. The van der Waals surface area contributed by atoms with E-state index >= 15 is 0 Å². The summed E-state index contributed by atoms with van der Waals surface area (Å²) in [5, 5.41) is 0.774. The van der Waals surface area contributed by atoms with Gasteiger partial charge in [0.2, 0.25) is 0 Å². The molecule has 1 rings (SSSR count). The van der Waals surface area contributed by atoms with Crippen LogP contribution in [0.4, 0.5) is 0 Å². The van der Waals surface area contributed by atoms with Gasteiger partial charge in [-0.3, -0.25) is 0 Å². The Morgan fingerprint density at radius 2 is 1.90 bits per heavy atom. The van der Waals surface area contributed by atoms with Gasteiger partial charge in [0.15, 0.2) is 0 Å². The van der Waals surface area contributed by atoms with E-state index < -0.39 is 0 Å². The van der Waals surface area contributed by atoms with E-state index in [4.69, 9.17) is 11.6 Å². The van der Waals surface area contributed by atoms with Crippen LogP contribution >= 0.6 is 66.1 Å². The lowest BCUT2D eigenvalue weighted by molar-refractivity contribution is 1.53. The van der Waals surface area contributed by atoms with Crippen LogP contribution in [0.2, 0.25) is 5.02 Å². The monoisotopic (exact) mass is 394 g/mol. The summed E-state index contributed by atoms with van der Waals surface area (Å²) in [5.74, 6) is 0. The summed E-state index contributed by atoms with van der Waals surface area (Å²) in [6.07, 6.45) is 0. The predicted molar refractivity (Wildman–Crippen MR) is 59.6 cm³/mol. The average Bonchev–Trinajstić information content (AvgIpc) is 1.93. The van der Waals surface area contributed by atoms with Crippen LogP contribution in [0.3, 0.4) is 0 Å². The van der Waals surface area contributed by atoms with Crippen molar-refractivity contribution in [3.8, 4) is 0 Å². The maximum absolute atomic E-state index is 5.83. The molecule has 0 N–H and O–H groups in total. The van der Waals surface area contributed by atoms with Crippen molar-refractivity contribution in [3.63, 3.8) is 0 Å². The zero-order chi connectivity index (χ0) is 7.72. The highest BCUT2D eigenvalue weighted by molar-refractivity contribution is 14.1. The van der Waals surface area contributed by atoms with E-state index in [9.17, 15) is 0 Å². The van der Waals surface area contributed by atoms with Crippen LogP contribution < -0.4 is 0 Å². The second-order valence-electron chi connectivity index (χ2n) is 1.66. The van der Waals surface area contributed by atoms with Crippen LogP contribution in [-0.4, -0.2) is 0 Å². The Morgan fingerprint density at radius 1 is 1.30 bits per heavy atom. The van der Waals surface area contributed by atoms with Gasteiger partial charge in [0.25, 0.3) is 0 Å². The molecule has 0 saturated heterocycles. The molecule has 0 bridgehead atoms. The third-order valence-electron chi connectivity index (χ3n) is 0.988. The molecule has 0 fully saturated rings. The number of rotatable bonds is 0. The van der Waals surface area contributed by atoms with Gasteiger partial charge in [0, 0.05) is 12.5 Å². The Kier molecular flexibility index (Phi) is 3.47. The van der Waals surface area contributed by atoms with Gasteiger partial charge in [0.05, 0.1) is 5.02 Å². The molecule has 1 aromatic carbocycles. The first-order valence-corrected chi connectivity index (χ1v) is 5.46. The van der Waals surface area contributed by atoms with Gasteiger partial charge >= 0.3 is 0 Å². The minimum atomic E-state index is 0.774. The summed E-state index contributed by atoms with van der Waals surface area (Å²) in [6.45, 7) is 0. The summed E-state index contributed by atoms with van der Waals surface area (Å²) >= 11 is 14.8. The van der Waals surface area contributed by atoms with Crippen LogP contribution in [0, 0.1) is 3.57 Å². The molecule has 0 aromatic heterocycles. The Morgan fingerprint density at radius 3 is 2.40 bits per heavy atom. The first kappa shape index (κ1) is 9.29. The van der Waals surface area contributed by atoms with Crippen LogP contribution in [0.1, 0.15) is 0 Å². The highest BCUT2D eigenvalue weighted by Crippen LogP contribution is 2.32. The molecule has 0 heterocycles. The number of halogens is 4. The van der Waals surface area contributed by atoms with E-state index in [0.717, 1.165) is 17.5 Å². The molecule has 0 aliphatic heterocycles. The van der Waals surface area contributed by atoms with Crippen LogP contribution in [0.25, 0.3) is 0 Å². The third kappa shape index (κ3) is 1.87. The summed E-state index contributed by atoms with van der Waals surface area (Å²) in [6, 6.07) is 3.77. The quantitative estimate of drug-likeness (QED) is 0.345. The van der Waals surface area contributed by atoms with Crippen LogP contribution in [0.15, 0.2) is 21.1 Å². The van der Waals surface area contributed by atoms with Gasteiger partial charge in [0.1, 0.15) is 0 Å². The summed E-state index contributed by atoms with van der Waals surface area (Å²) in [5.41, 5.74) is 0. The molecular formula is C6H2Br2ClI. The van der Waals surface area contributed by atoms with Crippen molar-refractivity contribution in [2.24, 2.45) is 0 Å². The molecule has 1 aromatic rings. The highest BCUT2D eigenvalue weighted by Gasteiger charge is 2.03. The average molecular weight is 396 g/mol. The molecule has 0 amide bonds. The molecule has 0 nitrogen and oxygen atoms in total. The highest BCUT2D eigenvalue weighted by atomic mass is 127. The minimum Gasteiger partial charge on any atom is -0.0831 e. The van der Waals surface area contributed by atoms with Crippen LogP contribution in [0.5, 0.6) is 0 Å². The molecule has 10 heavy (non-hydrogen) atoms. The molecule has 54 valence electrons. The number of benzene rings is 1. The minimum absolute atomic E-state index is 0.774. The van der Waals surface area contributed by atoms with Crippen LogP contribution in [-0.2, 0) is 0 Å². The van der Waals surface area contributed by atoms with Gasteiger partial charge < -0.3 is 0 Å². The lowest BCUT2D eigenvalue weighted by Gasteiger charge is -1.99. The smallest absolute Gasteiger partial charge is 0.0551 e. The molecule has 0 aliphatic carbocycles. The number of hydrogen-bond donors (Lipinski definition) is 0. The Labute approximate surface area is 94.7 Å². The van der Waals surface area contributed by atoms with Crippen molar-refractivity contribution in [1.82, 2.24) is 0 Å². The fraction of sp³-hybridized carbons (Fsp3) is 0. The lowest BCUT2D eigenvalue weighted by atomic mass is 10.4. The predicted octanol–water partition coefficient (Wildman–Crippen LogP) is 4.47. The first-order chi connectivity index (χ1) is 4.63. The van der Waals surface area contributed by atoms with Crippen molar-refractivity contribution >= 4 is 66.1 Å². The van der Waals surface area contributed by atoms with Gasteiger partial charge in [-0.25, -0.2) is 0 Å². The van der Waals surface area contributed by atoms with E-state index in [2.05, 4.69) is 54.5 Å². The topological polar surface area (TPSA) is 0 Å².